The first kappa shape index (κ1) is 13.4. The van der Waals surface area contributed by atoms with Gasteiger partial charge in [0.15, 0.2) is 0 Å². The van der Waals surface area contributed by atoms with E-state index in [1.54, 1.807) is 18.7 Å². The SMILES string of the molecule is Cc1nn(C)c(CC2(C(=O)O)CCOC2C)c1Cl. The summed E-state index contributed by atoms with van der Waals surface area (Å²) in [7, 11) is 1.78. The summed E-state index contributed by atoms with van der Waals surface area (Å²) in [5.41, 5.74) is 0.583. The van der Waals surface area contributed by atoms with Crippen molar-refractivity contribution >= 4 is 17.6 Å². The molecule has 2 atom stereocenters. The van der Waals surface area contributed by atoms with Gasteiger partial charge in [-0.15, -0.1) is 0 Å². The van der Waals surface area contributed by atoms with Crippen LogP contribution in [0.15, 0.2) is 0 Å². The quantitative estimate of drug-likeness (QED) is 0.911. The lowest BCUT2D eigenvalue weighted by Crippen LogP contribution is -2.40. The first-order chi connectivity index (χ1) is 8.38. The van der Waals surface area contributed by atoms with Crippen molar-refractivity contribution < 1.29 is 14.6 Å². The van der Waals surface area contributed by atoms with Crippen molar-refractivity contribution in [2.45, 2.75) is 32.8 Å². The van der Waals surface area contributed by atoms with E-state index in [0.717, 1.165) is 11.4 Å². The van der Waals surface area contributed by atoms with Gasteiger partial charge in [-0.2, -0.15) is 5.10 Å². The molecule has 0 aromatic carbocycles. The summed E-state index contributed by atoms with van der Waals surface area (Å²) >= 11 is 6.19. The molecule has 0 aliphatic carbocycles. The van der Waals surface area contributed by atoms with Crippen LogP contribution in [-0.2, 0) is 23.0 Å². The normalized spacial score (nSPS) is 27.7. The van der Waals surface area contributed by atoms with Gasteiger partial charge in [-0.3, -0.25) is 9.48 Å². The molecule has 1 aromatic rings. The Morgan fingerprint density at radius 2 is 2.39 bits per heavy atom. The molecule has 1 aliphatic heterocycles. The van der Waals surface area contributed by atoms with Crippen molar-refractivity contribution in [2.75, 3.05) is 6.61 Å². The van der Waals surface area contributed by atoms with Crippen LogP contribution < -0.4 is 0 Å². The zero-order chi connectivity index (χ0) is 13.5. The molecule has 0 amide bonds. The minimum atomic E-state index is -0.899. The van der Waals surface area contributed by atoms with Crippen LogP contribution in [0, 0.1) is 12.3 Å². The van der Waals surface area contributed by atoms with Crippen molar-refractivity contribution in [3.63, 3.8) is 0 Å². The van der Waals surface area contributed by atoms with Crippen LogP contribution in [0.5, 0.6) is 0 Å². The average Bonchev–Trinajstić information content (AvgIpc) is 2.76. The van der Waals surface area contributed by atoms with Gasteiger partial charge in [-0.1, -0.05) is 11.6 Å². The van der Waals surface area contributed by atoms with Gasteiger partial charge < -0.3 is 9.84 Å². The van der Waals surface area contributed by atoms with Crippen LogP contribution in [0.25, 0.3) is 0 Å². The molecule has 0 radical (unpaired) electrons. The average molecular weight is 273 g/mol. The zero-order valence-corrected chi connectivity index (χ0v) is 11.5. The number of aryl methyl sites for hydroxylation is 2. The van der Waals surface area contributed by atoms with Crippen LogP contribution in [0.4, 0.5) is 0 Å². The Morgan fingerprint density at radius 1 is 1.72 bits per heavy atom. The van der Waals surface area contributed by atoms with Gasteiger partial charge in [0.1, 0.15) is 5.41 Å². The van der Waals surface area contributed by atoms with Gasteiger partial charge in [0.25, 0.3) is 0 Å². The van der Waals surface area contributed by atoms with E-state index in [1.807, 2.05) is 6.92 Å². The molecule has 100 valence electrons. The number of carboxylic acid groups (broad SMARTS) is 1. The fraction of sp³-hybridized carbons (Fsp3) is 0.667. The highest BCUT2D eigenvalue weighted by atomic mass is 35.5. The van der Waals surface area contributed by atoms with Gasteiger partial charge in [0, 0.05) is 20.1 Å². The molecule has 1 N–H and O–H groups in total. The van der Waals surface area contributed by atoms with Crippen LogP contribution in [0.2, 0.25) is 5.02 Å². The van der Waals surface area contributed by atoms with E-state index in [4.69, 9.17) is 16.3 Å². The molecule has 6 heteroatoms. The molecule has 2 rings (SSSR count). The maximum absolute atomic E-state index is 11.6. The molecule has 0 spiro atoms. The molecule has 1 aromatic heterocycles. The monoisotopic (exact) mass is 272 g/mol. The second-order valence-electron chi connectivity index (χ2n) is 4.87. The first-order valence-corrected chi connectivity index (χ1v) is 6.29. The predicted octanol–water partition coefficient (Wildman–Crippen LogP) is 1.80. The lowest BCUT2D eigenvalue weighted by Gasteiger charge is -2.27. The van der Waals surface area contributed by atoms with E-state index in [0.29, 0.717) is 24.5 Å². The molecule has 18 heavy (non-hydrogen) atoms. The van der Waals surface area contributed by atoms with Crippen LogP contribution in [0.1, 0.15) is 24.7 Å². The third-order valence-corrected chi connectivity index (χ3v) is 4.36. The largest absolute Gasteiger partial charge is 0.481 e. The number of halogens is 1. The second-order valence-corrected chi connectivity index (χ2v) is 5.25. The van der Waals surface area contributed by atoms with Crippen molar-refractivity contribution in [3.8, 4) is 0 Å². The molecule has 2 heterocycles. The number of rotatable bonds is 3. The minimum Gasteiger partial charge on any atom is -0.481 e. The molecule has 1 saturated heterocycles. The van der Waals surface area contributed by atoms with Gasteiger partial charge in [0.2, 0.25) is 0 Å². The molecule has 0 bridgehead atoms. The third-order valence-electron chi connectivity index (χ3n) is 3.86. The Balaban J connectivity index is 2.39. The number of carboxylic acids is 1. The highest BCUT2D eigenvalue weighted by Gasteiger charge is 2.49. The highest BCUT2D eigenvalue weighted by Crippen LogP contribution is 2.40. The number of ether oxygens (including phenoxy) is 1. The fourth-order valence-electron chi connectivity index (χ4n) is 2.54. The van der Waals surface area contributed by atoms with Gasteiger partial charge >= 0.3 is 5.97 Å². The lowest BCUT2D eigenvalue weighted by molar-refractivity contribution is -0.151. The van der Waals surface area contributed by atoms with E-state index in [-0.39, 0.29) is 6.10 Å². The second kappa shape index (κ2) is 4.55. The summed E-state index contributed by atoms with van der Waals surface area (Å²) < 4.78 is 7.10. The number of aromatic nitrogens is 2. The van der Waals surface area contributed by atoms with Crippen LogP contribution in [-0.4, -0.2) is 33.6 Å². The van der Waals surface area contributed by atoms with Crippen molar-refractivity contribution in [3.05, 3.63) is 16.4 Å². The van der Waals surface area contributed by atoms with Crippen molar-refractivity contribution in [1.29, 1.82) is 0 Å². The number of hydrogen-bond acceptors (Lipinski definition) is 3. The minimum absolute atomic E-state index is 0.318. The standard InChI is InChI=1S/C12H17ClN2O3/c1-7-10(13)9(15(3)14-7)6-12(11(16)17)4-5-18-8(12)2/h8H,4-6H2,1-3H3,(H,16,17). The summed E-state index contributed by atoms with van der Waals surface area (Å²) in [4.78, 5) is 11.6. The number of nitrogens with zero attached hydrogens (tertiary/aromatic N) is 2. The highest BCUT2D eigenvalue weighted by molar-refractivity contribution is 6.31. The van der Waals surface area contributed by atoms with Gasteiger partial charge in [0.05, 0.1) is 22.5 Å². The Kier molecular flexibility index (Phi) is 3.38. The van der Waals surface area contributed by atoms with Crippen LogP contribution in [0.3, 0.4) is 0 Å². The molecule has 0 saturated carbocycles. The summed E-state index contributed by atoms with van der Waals surface area (Å²) in [5.74, 6) is -0.831. The number of hydrogen-bond donors (Lipinski definition) is 1. The molecular formula is C12H17ClN2O3. The fourth-order valence-corrected chi connectivity index (χ4v) is 2.77. The van der Waals surface area contributed by atoms with Crippen molar-refractivity contribution in [1.82, 2.24) is 9.78 Å². The molecule has 1 aliphatic rings. The predicted molar refractivity (Wildman–Crippen MR) is 66.8 cm³/mol. The summed E-state index contributed by atoms with van der Waals surface area (Å²) in [6.07, 6.45) is 0.533. The molecule has 2 unspecified atom stereocenters. The number of carbonyl (C=O) groups is 1. The maximum Gasteiger partial charge on any atom is 0.312 e. The third kappa shape index (κ3) is 1.91. The summed E-state index contributed by atoms with van der Waals surface area (Å²) in [6, 6.07) is 0. The van der Waals surface area contributed by atoms with E-state index < -0.39 is 11.4 Å². The van der Waals surface area contributed by atoms with E-state index in [2.05, 4.69) is 5.10 Å². The molecule has 1 fully saturated rings. The molecule has 5 nitrogen and oxygen atoms in total. The topological polar surface area (TPSA) is 64.4 Å². The summed E-state index contributed by atoms with van der Waals surface area (Å²) in [6.45, 7) is 4.09. The number of aliphatic carboxylic acids is 1. The van der Waals surface area contributed by atoms with Gasteiger partial charge in [-0.25, -0.2) is 0 Å². The van der Waals surface area contributed by atoms with E-state index >= 15 is 0 Å². The molecular weight excluding hydrogens is 256 g/mol. The van der Waals surface area contributed by atoms with Crippen LogP contribution >= 0.6 is 11.6 Å². The zero-order valence-electron chi connectivity index (χ0n) is 10.7. The van der Waals surface area contributed by atoms with E-state index in [1.165, 1.54) is 0 Å². The Hall–Kier alpha value is -1.07. The lowest BCUT2D eigenvalue weighted by atomic mass is 9.77. The Bertz CT molecular complexity index is 486. The maximum atomic E-state index is 11.6. The summed E-state index contributed by atoms with van der Waals surface area (Å²) in [5, 5.41) is 14.3. The Morgan fingerprint density at radius 3 is 2.78 bits per heavy atom. The van der Waals surface area contributed by atoms with Crippen molar-refractivity contribution in [2.24, 2.45) is 12.5 Å². The first-order valence-electron chi connectivity index (χ1n) is 5.91. The smallest absolute Gasteiger partial charge is 0.312 e. The van der Waals surface area contributed by atoms with E-state index in [9.17, 15) is 9.90 Å². The Labute approximate surface area is 111 Å². The van der Waals surface area contributed by atoms with Gasteiger partial charge in [-0.05, 0) is 20.3 Å².